The van der Waals surface area contributed by atoms with E-state index in [1.54, 1.807) is 24.3 Å². The minimum absolute atomic E-state index is 0.269. The zero-order valence-electron chi connectivity index (χ0n) is 14.4. The fourth-order valence-electron chi connectivity index (χ4n) is 2.14. The number of alkyl halides is 5. The highest BCUT2D eigenvalue weighted by Gasteiger charge is 2.57. The molecule has 2 rings (SSSR count). The van der Waals surface area contributed by atoms with E-state index in [4.69, 9.17) is 4.74 Å². The molecule has 1 aliphatic heterocycles. The van der Waals surface area contributed by atoms with Crippen molar-refractivity contribution in [3.63, 3.8) is 0 Å². The molecule has 0 aromatic heterocycles. The molecule has 0 radical (unpaired) electrons. The summed E-state index contributed by atoms with van der Waals surface area (Å²) in [5.74, 6) is -9.44. The number of amides is 3. The van der Waals surface area contributed by atoms with Gasteiger partial charge in [-0.05, 0) is 19.1 Å². The van der Waals surface area contributed by atoms with E-state index in [2.05, 4.69) is 10.6 Å². The summed E-state index contributed by atoms with van der Waals surface area (Å²) in [4.78, 5) is 36.0. The van der Waals surface area contributed by atoms with E-state index in [1.165, 1.54) is 5.32 Å². The van der Waals surface area contributed by atoms with Crippen molar-refractivity contribution in [3.05, 3.63) is 24.3 Å². The van der Waals surface area contributed by atoms with Gasteiger partial charge in [-0.25, -0.2) is 0 Å². The van der Waals surface area contributed by atoms with Crippen molar-refractivity contribution >= 4 is 23.4 Å². The van der Waals surface area contributed by atoms with Gasteiger partial charge in [0.1, 0.15) is 24.3 Å². The molecule has 1 aromatic rings. The van der Waals surface area contributed by atoms with Crippen molar-refractivity contribution in [2.45, 2.75) is 25.1 Å². The van der Waals surface area contributed by atoms with Gasteiger partial charge in [0.15, 0.2) is 0 Å². The van der Waals surface area contributed by atoms with Gasteiger partial charge in [0.2, 0.25) is 11.8 Å². The number of carbonyl (C=O) groups excluding carboxylic acids is 3. The fraction of sp³-hybridized carbons (Fsp3) is 0.438. The molecule has 7 nitrogen and oxygen atoms in total. The molecule has 3 amide bonds. The molecule has 0 bridgehead atoms. The van der Waals surface area contributed by atoms with E-state index in [-0.39, 0.29) is 6.61 Å². The Morgan fingerprint density at radius 2 is 1.86 bits per heavy atom. The summed E-state index contributed by atoms with van der Waals surface area (Å²) in [6.45, 7) is -1.27. The summed E-state index contributed by atoms with van der Waals surface area (Å²) in [6, 6.07) is 5.24. The first-order chi connectivity index (χ1) is 12.9. The maximum Gasteiger partial charge on any atom is 0.455 e. The summed E-state index contributed by atoms with van der Waals surface area (Å²) in [7, 11) is 0. The molecule has 154 valence electrons. The van der Waals surface area contributed by atoms with Gasteiger partial charge in [-0.3, -0.25) is 14.4 Å². The monoisotopic (exact) mass is 409 g/mol. The van der Waals surface area contributed by atoms with Gasteiger partial charge >= 0.3 is 12.1 Å². The van der Waals surface area contributed by atoms with Crippen LogP contribution >= 0.6 is 0 Å². The van der Waals surface area contributed by atoms with Gasteiger partial charge in [0.25, 0.3) is 5.91 Å². The normalized spacial score (nSPS) is 18.1. The van der Waals surface area contributed by atoms with Gasteiger partial charge in [-0.2, -0.15) is 22.0 Å². The van der Waals surface area contributed by atoms with Gasteiger partial charge in [0.05, 0.1) is 12.2 Å². The lowest BCUT2D eigenvalue weighted by molar-refractivity contribution is -0.278. The molecule has 2 unspecified atom stereocenters. The Balaban J connectivity index is 1.93. The van der Waals surface area contributed by atoms with Crippen LogP contribution in [0.5, 0.6) is 5.75 Å². The van der Waals surface area contributed by atoms with Gasteiger partial charge in [0, 0.05) is 0 Å². The Bertz CT molecular complexity index is 769. The highest BCUT2D eigenvalue weighted by atomic mass is 19.4. The van der Waals surface area contributed by atoms with Crippen LogP contribution in [-0.4, -0.2) is 49.0 Å². The summed E-state index contributed by atoms with van der Waals surface area (Å²) >= 11 is 0. The molecule has 12 heteroatoms. The molecule has 3 N–H and O–H groups in total. The molecule has 2 atom stereocenters. The van der Waals surface area contributed by atoms with Crippen molar-refractivity contribution in [1.82, 2.24) is 10.6 Å². The van der Waals surface area contributed by atoms with Crippen LogP contribution < -0.4 is 20.7 Å². The van der Waals surface area contributed by atoms with Crippen molar-refractivity contribution in [3.8, 4) is 5.75 Å². The minimum Gasteiger partial charge on any atom is -0.489 e. The minimum atomic E-state index is -5.84. The smallest absolute Gasteiger partial charge is 0.455 e. The number of fused-ring (bicyclic) bond motifs is 1. The van der Waals surface area contributed by atoms with E-state index >= 15 is 0 Å². The highest BCUT2D eigenvalue weighted by Crippen LogP contribution is 2.34. The average molecular weight is 409 g/mol. The molecular weight excluding hydrogens is 393 g/mol. The first-order valence-electron chi connectivity index (χ1n) is 7.97. The predicted octanol–water partition coefficient (Wildman–Crippen LogP) is 1.45. The number of ether oxygens (including phenoxy) is 1. The maximum atomic E-state index is 12.8. The first kappa shape index (κ1) is 21.4. The van der Waals surface area contributed by atoms with Crippen LogP contribution in [0.3, 0.4) is 0 Å². The van der Waals surface area contributed by atoms with Crippen LogP contribution in [0.4, 0.5) is 27.6 Å². The molecule has 0 saturated carbocycles. The van der Waals surface area contributed by atoms with E-state index in [1.807, 2.05) is 0 Å². The van der Waals surface area contributed by atoms with Crippen LogP contribution in [0, 0.1) is 5.92 Å². The van der Waals surface area contributed by atoms with E-state index < -0.39 is 48.3 Å². The number of carbonyl (C=O) groups is 3. The number of anilines is 1. The van der Waals surface area contributed by atoms with Gasteiger partial charge in [-0.15, -0.1) is 0 Å². The van der Waals surface area contributed by atoms with Crippen LogP contribution in [0.15, 0.2) is 24.3 Å². The van der Waals surface area contributed by atoms with E-state index in [0.29, 0.717) is 11.4 Å². The summed E-state index contributed by atoms with van der Waals surface area (Å²) in [5.41, 5.74) is 0.365. The van der Waals surface area contributed by atoms with Crippen molar-refractivity contribution in [2.75, 3.05) is 18.5 Å². The van der Waals surface area contributed by atoms with Gasteiger partial charge in [-0.1, -0.05) is 12.1 Å². The third-order valence-electron chi connectivity index (χ3n) is 3.87. The molecule has 1 heterocycles. The summed E-state index contributed by atoms with van der Waals surface area (Å²) in [6.07, 6.45) is -5.84. The maximum absolute atomic E-state index is 12.8. The van der Waals surface area contributed by atoms with Crippen LogP contribution in [0.25, 0.3) is 0 Å². The van der Waals surface area contributed by atoms with Crippen LogP contribution in [0.1, 0.15) is 6.92 Å². The second-order valence-electron chi connectivity index (χ2n) is 6.00. The Morgan fingerprint density at radius 1 is 1.21 bits per heavy atom. The van der Waals surface area contributed by atoms with E-state index in [0.717, 1.165) is 6.92 Å². The van der Waals surface area contributed by atoms with Crippen molar-refractivity contribution in [2.24, 2.45) is 5.92 Å². The molecule has 28 heavy (non-hydrogen) atoms. The van der Waals surface area contributed by atoms with Crippen LogP contribution in [-0.2, 0) is 14.4 Å². The number of hydrogen-bond donors (Lipinski definition) is 3. The van der Waals surface area contributed by atoms with Crippen molar-refractivity contribution in [1.29, 1.82) is 0 Å². The topological polar surface area (TPSA) is 96.5 Å². The molecular formula is C16H16F5N3O4. The SMILES string of the molecule is CC(C(=O)NCC(F)(F)C(F)(F)F)C(=O)NC1COc2ccccc2NC1=O. The molecule has 0 aliphatic carbocycles. The molecule has 0 spiro atoms. The Labute approximate surface area is 155 Å². The summed E-state index contributed by atoms with van der Waals surface area (Å²) < 4.78 is 67.4. The lowest BCUT2D eigenvalue weighted by Gasteiger charge is -2.21. The Morgan fingerprint density at radius 3 is 2.50 bits per heavy atom. The third kappa shape index (κ3) is 4.87. The number of para-hydroxylation sites is 2. The zero-order chi connectivity index (χ0) is 21.1. The molecule has 1 aromatic carbocycles. The number of hydrogen-bond acceptors (Lipinski definition) is 4. The second-order valence-corrected chi connectivity index (χ2v) is 6.00. The largest absolute Gasteiger partial charge is 0.489 e. The Kier molecular flexibility index (Phi) is 6.10. The third-order valence-corrected chi connectivity index (χ3v) is 3.87. The standard InChI is InChI=1S/C16H16F5N3O4/c1-8(12(25)22-7-15(17,18)16(19,20)21)13(26)24-10-6-28-11-5-3-2-4-9(11)23-14(10)27/h2-5,8,10H,6-7H2,1H3,(H,22,25)(H,23,27)(H,24,26). The number of nitrogens with one attached hydrogen (secondary N) is 3. The molecule has 1 aliphatic rings. The lowest BCUT2D eigenvalue weighted by Crippen LogP contribution is -2.52. The molecule has 0 saturated heterocycles. The Hall–Kier alpha value is -2.92. The molecule has 0 fully saturated rings. The lowest BCUT2D eigenvalue weighted by atomic mass is 10.1. The zero-order valence-corrected chi connectivity index (χ0v) is 14.4. The second kappa shape index (κ2) is 7.98. The predicted molar refractivity (Wildman–Crippen MR) is 85.7 cm³/mol. The highest BCUT2D eigenvalue weighted by molar-refractivity contribution is 6.03. The number of halogens is 5. The van der Waals surface area contributed by atoms with Gasteiger partial charge < -0.3 is 20.7 Å². The quantitative estimate of drug-likeness (QED) is 0.507. The van der Waals surface area contributed by atoms with Crippen molar-refractivity contribution < 1.29 is 41.1 Å². The van der Waals surface area contributed by atoms with E-state index in [9.17, 15) is 36.3 Å². The van der Waals surface area contributed by atoms with Crippen LogP contribution in [0.2, 0.25) is 0 Å². The fourth-order valence-corrected chi connectivity index (χ4v) is 2.14. The number of benzene rings is 1. The first-order valence-corrected chi connectivity index (χ1v) is 7.97. The summed E-state index contributed by atoms with van der Waals surface area (Å²) in [5, 5.41) is 6.09. The average Bonchev–Trinajstić information content (AvgIpc) is 2.77. The number of rotatable bonds is 5.